The fourth-order valence-corrected chi connectivity index (χ4v) is 3.71. The summed E-state index contributed by atoms with van der Waals surface area (Å²) in [5.41, 5.74) is 4.11. The van der Waals surface area contributed by atoms with Crippen LogP contribution in [0.15, 0.2) is 60.9 Å². The van der Waals surface area contributed by atoms with E-state index in [1.807, 2.05) is 66.4 Å². The van der Waals surface area contributed by atoms with E-state index in [9.17, 15) is 4.79 Å². The lowest BCUT2D eigenvalue weighted by Gasteiger charge is -2.35. The van der Waals surface area contributed by atoms with Crippen LogP contribution in [-0.2, 0) is 0 Å². The molecule has 1 aliphatic heterocycles. The maximum atomic E-state index is 12.8. The highest BCUT2D eigenvalue weighted by Gasteiger charge is 2.25. The lowest BCUT2D eigenvalue weighted by atomic mass is 10.1. The Morgan fingerprint density at radius 1 is 0.900 bits per heavy atom. The lowest BCUT2D eigenvalue weighted by Crippen LogP contribution is -2.49. The quantitative estimate of drug-likeness (QED) is 0.527. The standard InChI is InChI=1S/C22H21N7O/c1-16-7-9-17(10-8-16)22(30)28-13-11-27(12-14-28)20-19-21(24-15-23-20)29(26-25-19)18-5-3-2-4-6-18/h2-10,15H,11-14H2,1H3. The number of aryl methyl sites for hydroxylation is 1. The van der Waals surface area contributed by atoms with Crippen molar-refractivity contribution >= 4 is 22.9 Å². The van der Waals surface area contributed by atoms with Crippen LogP contribution in [0.4, 0.5) is 5.82 Å². The van der Waals surface area contributed by atoms with Gasteiger partial charge in [-0.15, -0.1) is 5.10 Å². The minimum atomic E-state index is 0.0671. The predicted octanol–water partition coefficient (Wildman–Crippen LogP) is 2.48. The van der Waals surface area contributed by atoms with Crippen LogP contribution < -0.4 is 4.90 Å². The third-order valence-electron chi connectivity index (χ3n) is 5.38. The van der Waals surface area contributed by atoms with Gasteiger partial charge in [0.1, 0.15) is 6.33 Å². The molecule has 0 bridgehead atoms. The van der Waals surface area contributed by atoms with Gasteiger partial charge in [-0.1, -0.05) is 41.1 Å². The van der Waals surface area contributed by atoms with Gasteiger partial charge in [0.05, 0.1) is 5.69 Å². The van der Waals surface area contributed by atoms with E-state index in [-0.39, 0.29) is 5.91 Å². The van der Waals surface area contributed by atoms with E-state index in [1.165, 1.54) is 0 Å². The second-order valence-corrected chi connectivity index (χ2v) is 7.35. The number of hydrogen-bond donors (Lipinski definition) is 0. The van der Waals surface area contributed by atoms with Crippen molar-refractivity contribution in [3.63, 3.8) is 0 Å². The summed E-state index contributed by atoms with van der Waals surface area (Å²) in [5, 5.41) is 8.63. The smallest absolute Gasteiger partial charge is 0.253 e. The Labute approximate surface area is 173 Å². The van der Waals surface area contributed by atoms with E-state index in [0.717, 1.165) is 22.6 Å². The topological polar surface area (TPSA) is 80.0 Å². The van der Waals surface area contributed by atoms with Gasteiger partial charge in [-0.25, -0.2) is 9.97 Å². The lowest BCUT2D eigenvalue weighted by molar-refractivity contribution is 0.0746. The molecule has 8 heteroatoms. The summed E-state index contributed by atoms with van der Waals surface area (Å²) in [6.07, 6.45) is 1.55. The van der Waals surface area contributed by atoms with Crippen molar-refractivity contribution in [2.24, 2.45) is 0 Å². The maximum Gasteiger partial charge on any atom is 0.253 e. The zero-order chi connectivity index (χ0) is 20.5. The fourth-order valence-electron chi connectivity index (χ4n) is 3.71. The molecular formula is C22H21N7O. The number of amides is 1. The first kappa shape index (κ1) is 18.2. The van der Waals surface area contributed by atoms with Crippen molar-refractivity contribution in [2.75, 3.05) is 31.1 Å². The zero-order valence-corrected chi connectivity index (χ0v) is 16.6. The normalized spacial score (nSPS) is 14.3. The third-order valence-corrected chi connectivity index (χ3v) is 5.38. The van der Waals surface area contributed by atoms with Crippen molar-refractivity contribution in [1.29, 1.82) is 0 Å². The van der Waals surface area contributed by atoms with E-state index < -0.39 is 0 Å². The number of anilines is 1. The van der Waals surface area contributed by atoms with Gasteiger partial charge in [-0.3, -0.25) is 4.79 Å². The minimum Gasteiger partial charge on any atom is -0.351 e. The zero-order valence-electron chi connectivity index (χ0n) is 16.6. The van der Waals surface area contributed by atoms with Crippen LogP contribution >= 0.6 is 0 Å². The van der Waals surface area contributed by atoms with Crippen LogP contribution in [0, 0.1) is 6.92 Å². The summed E-state index contributed by atoms with van der Waals surface area (Å²) < 4.78 is 1.72. The fraction of sp³-hybridized carbons (Fsp3) is 0.227. The highest BCUT2D eigenvalue weighted by Crippen LogP contribution is 2.24. The molecule has 0 aliphatic carbocycles. The Morgan fingerprint density at radius 2 is 1.63 bits per heavy atom. The Bertz CT molecular complexity index is 1180. The van der Waals surface area contributed by atoms with Crippen LogP contribution in [-0.4, -0.2) is 61.9 Å². The molecule has 0 radical (unpaired) electrons. The molecule has 1 aliphatic rings. The first-order valence-corrected chi connectivity index (χ1v) is 9.93. The van der Waals surface area contributed by atoms with Gasteiger partial charge in [0.25, 0.3) is 5.91 Å². The van der Waals surface area contributed by atoms with Crippen LogP contribution in [0.25, 0.3) is 16.9 Å². The second-order valence-electron chi connectivity index (χ2n) is 7.35. The van der Waals surface area contributed by atoms with E-state index in [2.05, 4.69) is 25.2 Å². The monoisotopic (exact) mass is 399 g/mol. The van der Waals surface area contributed by atoms with Crippen LogP contribution in [0.3, 0.4) is 0 Å². The number of fused-ring (bicyclic) bond motifs is 1. The largest absolute Gasteiger partial charge is 0.351 e. The van der Waals surface area contributed by atoms with Gasteiger partial charge in [0.2, 0.25) is 0 Å². The van der Waals surface area contributed by atoms with Gasteiger partial charge in [0.15, 0.2) is 17.0 Å². The molecular weight excluding hydrogens is 378 g/mol. The van der Waals surface area contributed by atoms with E-state index >= 15 is 0 Å². The number of piperazine rings is 1. The average molecular weight is 399 g/mol. The van der Waals surface area contributed by atoms with Crippen molar-refractivity contribution in [3.05, 3.63) is 72.1 Å². The summed E-state index contributed by atoms with van der Waals surface area (Å²) >= 11 is 0. The molecule has 8 nitrogen and oxygen atoms in total. The molecule has 0 N–H and O–H groups in total. The molecule has 5 rings (SSSR count). The summed E-state index contributed by atoms with van der Waals surface area (Å²) in [7, 11) is 0. The van der Waals surface area contributed by atoms with E-state index in [4.69, 9.17) is 0 Å². The third kappa shape index (κ3) is 3.26. The molecule has 0 spiro atoms. The SMILES string of the molecule is Cc1ccc(C(=O)N2CCN(c3ncnc4c3nnn4-c3ccccc3)CC2)cc1. The summed E-state index contributed by atoms with van der Waals surface area (Å²) in [6, 6.07) is 17.5. The molecule has 1 amide bonds. The van der Waals surface area contributed by atoms with Gasteiger partial charge in [-0.05, 0) is 31.2 Å². The number of carbonyl (C=O) groups is 1. The molecule has 3 heterocycles. The number of nitrogens with zero attached hydrogens (tertiary/aromatic N) is 7. The van der Waals surface area contributed by atoms with E-state index in [0.29, 0.717) is 37.3 Å². The van der Waals surface area contributed by atoms with Gasteiger partial charge in [0, 0.05) is 31.7 Å². The summed E-state index contributed by atoms with van der Waals surface area (Å²) in [5.74, 6) is 0.821. The molecule has 1 fully saturated rings. The van der Waals surface area contributed by atoms with Crippen molar-refractivity contribution in [1.82, 2.24) is 29.9 Å². The number of carbonyl (C=O) groups excluding carboxylic acids is 1. The molecule has 0 atom stereocenters. The molecule has 4 aromatic rings. The minimum absolute atomic E-state index is 0.0671. The van der Waals surface area contributed by atoms with Crippen LogP contribution in [0.5, 0.6) is 0 Å². The molecule has 0 unspecified atom stereocenters. The molecule has 150 valence electrons. The van der Waals surface area contributed by atoms with Crippen molar-refractivity contribution < 1.29 is 4.79 Å². The second kappa shape index (κ2) is 7.55. The van der Waals surface area contributed by atoms with Crippen LogP contribution in [0.1, 0.15) is 15.9 Å². The van der Waals surface area contributed by atoms with Gasteiger partial charge < -0.3 is 9.80 Å². The summed E-state index contributed by atoms with van der Waals surface area (Å²) in [6.45, 7) is 4.64. The van der Waals surface area contributed by atoms with Crippen molar-refractivity contribution in [3.8, 4) is 5.69 Å². The molecule has 30 heavy (non-hydrogen) atoms. The first-order valence-electron chi connectivity index (χ1n) is 9.93. The Kier molecular flexibility index (Phi) is 4.59. The van der Waals surface area contributed by atoms with Crippen molar-refractivity contribution in [2.45, 2.75) is 6.92 Å². The first-order chi connectivity index (χ1) is 14.7. The number of aromatic nitrogens is 5. The van der Waals surface area contributed by atoms with E-state index in [1.54, 1.807) is 11.0 Å². The number of benzene rings is 2. The van der Waals surface area contributed by atoms with Gasteiger partial charge >= 0.3 is 0 Å². The number of hydrogen-bond acceptors (Lipinski definition) is 6. The number of para-hydroxylation sites is 1. The highest BCUT2D eigenvalue weighted by molar-refractivity contribution is 5.94. The average Bonchev–Trinajstić information content (AvgIpc) is 3.24. The highest BCUT2D eigenvalue weighted by atomic mass is 16.2. The molecule has 2 aromatic heterocycles. The van der Waals surface area contributed by atoms with Gasteiger partial charge in [-0.2, -0.15) is 4.68 Å². The summed E-state index contributed by atoms with van der Waals surface area (Å²) in [4.78, 5) is 25.7. The predicted molar refractivity (Wildman–Crippen MR) is 114 cm³/mol. The molecule has 0 saturated carbocycles. The molecule has 1 saturated heterocycles. The maximum absolute atomic E-state index is 12.8. The Balaban J connectivity index is 1.36. The Morgan fingerprint density at radius 3 is 2.37 bits per heavy atom. The van der Waals surface area contributed by atoms with Crippen LogP contribution in [0.2, 0.25) is 0 Å². The molecule has 2 aromatic carbocycles. The Hall–Kier alpha value is -3.81. The number of rotatable bonds is 3.